The average Bonchev–Trinajstić information content (AvgIpc) is 3.66. The second-order valence-electron chi connectivity index (χ2n) is 17.2. The highest BCUT2D eigenvalue weighted by Gasteiger charge is 2.56. The Bertz CT molecular complexity index is 1550. The molecule has 1 saturated carbocycles. The number of rotatable bonds is 14. The first-order valence-electron chi connectivity index (χ1n) is 20.0. The van der Waals surface area contributed by atoms with Crippen molar-refractivity contribution in [3.05, 3.63) is 83.0 Å². The minimum Gasteiger partial charge on any atom is -0.299 e. The van der Waals surface area contributed by atoms with Crippen molar-refractivity contribution in [2.24, 2.45) is 73.7 Å². The Morgan fingerprint density at radius 2 is 1.84 bits per heavy atom. The largest absolute Gasteiger partial charge is 0.299 e. The molecule has 0 radical (unpaired) electrons. The van der Waals surface area contributed by atoms with Gasteiger partial charge in [-0.25, -0.2) is 0 Å². The Kier molecular flexibility index (Phi) is 13.4. The Morgan fingerprint density at radius 3 is 2.53 bits per heavy atom. The fraction of sp³-hybridized carbons (Fsp3) is 0.609. The van der Waals surface area contributed by atoms with Crippen LogP contribution in [0.2, 0.25) is 0 Å². The maximum absolute atomic E-state index is 9.29. The van der Waals surface area contributed by atoms with Crippen LogP contribution in [0.1, 0.15) is 101 Å². The molecule has 5 rings (SSSR count). The van der Waals surface area contributed by atoms with Crippen LogP contribution in [0, 0.1) is 64.1 Å². The molecule has 4 aliphatic carbocycles. The Balaban J connectivity index is 1.32. The summed E-state index contributed by atoms with van der Waals surface area (Å²) in [6.07, 6.45) is 31.4. The summed E-state index contributed by atoms with van der Waals surface area (Å²) in [7, 11) is 0. The Hall–Kier alpha value is -2.79. The van der Waals surface area contributed by atoms with Crippen molar-refractivity contribution < 1.29 is 0 Å². The number of thioether (sulfide) groups is 1. The number of allylic oxidation sites excluding steroid dienone is 10. The van der Waals surface area contributed by atoms with Gasteiger partial charge in [-0.15, -0.1) is 18.3 Å². The van der Waals surface area contributed by atoms with E-state index in [4.69, 9.17) is 15.0 Å². The average molecular weight is 707 g/mol. The zero-order valence-electron chi connectivity index (χ0n) is 33.1. The fourth-order valence-electron chi connectivity index (χ4n) is 8.89. The topological polar surface area (TPSA) is 60.9 Å². The first-order chi connectivity index (χ1) is 24.3. The van der Waals surface area contributed by atoms with Crippen LogP contribution in [-0.4, -0.2) is 41.7 Å². The molecule has 51 heavy (non-hydrogen) atoms. The van der Waals surface area contributed by atoms with E-state index in [-0.39, 0.29) is 17.4 Å². The van der Waals surface area contributed by atoms with Crippen molar-refractivity contribution in [3.63, 3.8) is 0 Å². The van der Waals surface area contributed by atoms with Crippen LogP contribution in [0.25, 0.3) is 0 Å². The Labute approximate surface area is 315 Å². The van der Waals surface area contributed by atoms with E-state index in [9.17, 15) is 5.41 Å². The zero-order valence-corrected chi connectivity index (χ0v) is 33.9. The van der Waals surface area contributed by atoms with E-state index in [2.05, 4.69) is 136 Å². The van der Waals surface area contributed by atoms with Crippen LogP contribution in [0.15, 0.2) is 98.0 Å². The van der Waals surface area contributed by atoms with Crippen LogP contribution >= 0.6 is 11.8 Å². The second-order valence-corrected chi connectivity index (χ2v) is 18.4. The van der Waals surface area contributed by atoms with Crippen LogP contribution in [-0.2, 0) is 0 Å². The number of hydrogen-bond donors (Lipinski definition) is 1. The van der Waals surface area contributed by atoms with Gasteiger partial charge in [0, 0.05) is 35.2 Å². The molecule has 0 saturated heterocycles. The lowest BCUT2D eigenvalue weighted by Gasteiger charge is -2.25. The molecule has 276 valence electrons. The summed E-state index contributed by atoms with van der Waals surface area (Å²) in [5.74, 6) is 4.25. The quantitative estimate of drug-likeness (QED) is 0.142. The number of nitrogens with one attached hydrogen (secondary N) is 1. The predicted octanol–water partition coefficient (Wildman–Crippen LogP) is 12.1. The molecule has 0 amide bonds. The van der Waals surface area contributed by atoms with E-state index in [1.54, 1.807) is 0 Å². The van der Waals surface area contributed by atoms with E-state index in [0.29, 0.717) is 58.3 Å². The first kappa shape index (κ1) is 39.4. The van der Waals surface area contributed by atoms with Crippen LogP contribution in [0.4, 0.5) is 0 Å². The SMILES string of the molecule is C=CC(C(C/N=C(\CCC)C(C)(C)C)/N=C/C(C)C)[C@@H]1[C@H]2CC[C@@H]([C@H](C)/C=N/C3=C(C(=N)C4=C(C)C=CCC4)SC4C=CC=CC34)/C=C\[C@@H](C)[C@H]21. The van der Waals surface area contributed by atoms with E-state index in [1.807, 2.05) is 11.8 Å². The van der Waals surface area contributed by atoms with Gasteiger partial charge in [0.1, 0.15) is 0 Å². The number of hydrogen-bond acceptors (Lipinski definition) is 5. The van der Waals surface area contributed by atoms with E-state index >= 15 is 0 Å². The molecule has 5 heteroatoms. The van der Waals surface area contributed by atoms with Crippen molar-refractivity contribution in [2.45, 2.75) is 112 Å². The van der Waals surface area contributed by atoms with Gasteiger partial charge in [0.2, 0.25) is 0 Å². The summed E-state index contributed by atoms with van der Waals surface area (Å²) in [6, 6.07) is 0.137. The van der Waals surface area contributed by atoms with Gasteiger partial charge in [-0.1, -0.05) is 116 Å². The molecule has 5 aliphatic rings. The van der Waals surface area contributed by atoms with Gasteiger partial charge in [-0.05, 0) is 97.0 Å². The van der Waals surface area contributed by atoms with Gasteiger partial charge in [-0.3, -0.25) is 20.4 Å². The molecule has 4 nitrogen and oxygen atoms in total. The summed E-state index contributed by atoms with van der Waals surface area (Å²) in [5.41, 5.74) is 5.56. The minimum absolute atomic E-state index is 0.0790. The maximum atomic E-state index is 9.29. The molecule has 1 heterocycles. The minimum atomic E-state index is 0.0790. The van der Waals surface area contributed by atoms with Gasteiger partial charge in [0.25, 0.3) is 0 Å². The normalized spacial score (nSPS) is 31.9. The third-order valence-electron chi connectivity index (χ3n) is 11.9. The van der Waals surface area contributed by atoms with Gasteiger partial charge in [-0.2, -0.15) is 0 Å². The van der Waals surface area contributed by atoms with Crippen molar-refractivity contribution in [3.8, 4) is 0 Å². The smallest absolute Gasteiger partial charge is 0.0756 e. The lowest BCUT2D eigenvalue weighted by atomic mass is 9.85. The highest BCUT2D eigenvalue weighted by atomic mass is 32.2. The van der Waals surface area contributed by atoms with Crippen molar-refractivity contribution in [1.82, 2.24) is 0 Å². The predicted molar refractivity (Wildman–Crippen MR) is 226 cm³/mol. The van der Waals surface area contributed by atoms with Crippen LogP contribution in [0.5, 0.6) is 0 Å². The monoisotopic (exact) mass is 707 g/mol. The van der Waals surface area contributed by atoms with Crippen molar-refractivity contribution in [2.75, 3.05) is 6.54 Å². The van der Waals surface area contributed by atoms with Gasteiger partial charge < -0.3 is 0 Å². The molecule has 1 fully saturated rings. The molecule has 0 aromatic heterocycles. The first-order valence-corrected chi connectivity index (χ1v) is 20.9. The highest BCUT2D eigenvalue weighted by Crippen LogP contribution is 2.60. The molecule has 4 unspecified atom stereocenters. The molecular formula is C46H66N4S. The molecule has 0 spiro atoms. The summed E-state index contributed by atoms with van der Waals surface area (Å²) < 4.78 is 0. The Morgan fingerprint density at radius 1 is 1.08 bits per heavy atom. The molecule has 0 bridgehead atoms. The number of fused-ring (bicyclic) bond motifs is 2. The number of nitrogens with zero attached hydrogens (tertiary/aromatic N) is 3. The van der Waals surface area contributed by atoms with Gasteiger partial charge in [0.05, 0.1) is 28.9 Å². The summed E-state index contributed by atoms with van der Waals surface area (Å²) in [5, 5.41) is 9.61. The lowest BCUT2D eigenvalue weighted by molar-refractivity contribution is 0.404. The highest BCUT2D eigenvalue weighted by molar-refractivity contribution is 8.05. The van der Waals surface area contributed by atoms with Gasteiger partial charge in [0.15, 0.2) is 0 Å². The van der Waals surface area contributed by atoms with E-state index in [0.717, 1.165) is 42.8 Å². The fourth-order valence-corrected chi connectivity index (χ4v) is 10.3. The molecule has 10 atom stereocenters. The summed E-state index contributed by atoms with van der Waals surface area (Å²) >= 11 is 1.83. The van der Waals surface area contributed by atoms with Crippen molar-refractivity contribution in [1.29, 1.82) is 5.41 Å². The van der Waals surface area contributed by atoms with E-state index < -0.39 is 0 Å². The van der Waals surface area contributed by atoms with Gasteiger partial charge >= 0.3 is 0 Å². The summed E-state index contributed by atoms with van der Waals surface area (Å²) in [6.45, 7) is 25.6. The second kappa shape index (κ2) is 17.4. The third kappa shape index (κ3) is 9.42. The number of aliphatic imine (C=N–C) groups is 3. The van der Waals surface area contributed by atoms with Crippen LogP contribution < -0.4 is 0 Å². The van der Waals surface area contributed by atoms with Crippen LogP contribution in [0.3, 0.4) is 0 Å². The standard InChI is InChI=1S/C46H66N4S/c1-11-17-40(46(8,9)10)49-28-38(48-26-29(3)4)34(12-2)42-37-25-24-33(23-22-31(6)41(37)42)32(7)27-50-44-36-20-15-16-21-39(36)51-45(44)43(47)35-19-14-13-18-30(35)5/h12-13,15-16,18,20-23,26-27,29,31-34,36-39,41-42,47H,2,11,14,17,19,24-25,28H2,1,3-10H3/b23-22-,47-43?,48-26+,49-40+,50-27+/t31-,32-,33+,34?,36?,37+,38?,39?,41-,42-/m1/s1. The van der Waals surface area contributed by atoms with Crippen molar-refractivity contribution >= 4 is 35.6 Å². The zero-order chi connectivity index (χ0) is 36.9. The van der Waals surface area contributed by atoms with E-state index in [1.165, 1.54) is 29.7 Å². The molecule has 0 aromatic rings. The third-order valence-corrected chi connectivity index (χ3v) is 13.3. The molecule has 0 aromatic carbocycles. The maximum Gasteiger partial charge on any atom is 0.0756 e. The molecular weight excluding hydrogens is 641 g/mol. The molecule has 1 aliphatic heterocycles. The lowest BCUT2D eigenvalue weighted by Crippen LogP contribution is -2.27. The molecule has 1 N–H and O–H groups in total. The summed E-state index contributed by atoms with van der Waals surface area (Å²) in [4.78, 5) is 16.8.